The van der Waals surface area contributed by atoms with Gasteiger partial charge in [0.15, 0.2) is 0 Å². The summed E-state index contributed by atoms with van der Waals surface area (Å²) in [6.07, 6.45) is 6.61. The maximum Gasteiger partial charge on any atom is 0.330 e. The molecule has 0 saturated carbocycles. The number of methoxy groups -OCH3 is 2. The number of nitrogens with zero attached hydrogens (tertiary/aromatic N) is 10. The molecule has 81 heavy (non-hydrogen) atoms. The molecule has 420 valence electrons. The summed E-state index contributed by atoms with van der Waals surface area (Å²) in [5, 5.41) is 15.7. The number of rotatable bonds is 20. The van der Waals surface area contributed by atoms with Crippen molar-refractivity contribution < 1.29 is 32.8 Å². The number of carbonyl (C=O) groups is 2. The molecule has 10 rings (SSSR count). The first-order chi connectivity index (χ1) is 38.7. The van der Waals surface area contributed by atoms with Crippen molar-refractivity contribution in [2.24, 2.45) is 10.8 Å². The summed E-state index contributed by atoms with van der Waals surface area (Å²) in [5.74, 6) is 1.60. The Labute approximate surface area is 466 Å². The maximum atomic E-state index is 14.6. The molecule has 0 aliphatic heterocycles. The Morgan fingerprint density at radius 1 is 0.605 bits per heavy atom. The van der Waals surface area contributed by atoms with Crippen LogP contribution in [-0.4, -0.2) is 101 Å². The van der Waals surface area contributed by atoms with E-state index in [1.807, 2.05) is 130 Å². The van der Waals surface area contributed by atoms with Crippen molar-refractivity contribution in [2.75, 3.05) is 40.5 Å². The highest BCUT2D eigenvalue weighted by Gasteiger charge is 2.30. The highest BCUT2D eigenvalue weighted by atomic mass is 16.5. The number of ether oxygens (including phenoxy) is 3. The van der Waals surface area contributed by atoms with Crippen molar-refractivity contribution in [3.8, 4) is 33.8 Å². The smallest absolute Gasteiger partial charge is 0.330 e. The number of benzene rings is 2. The van der Waals surface area contributed by atoms with Crippen LogP contribution in [0.2, 0.25) is 0 Å². The summed E-state index contributed by atoms with van der Waals surface area (Å²) in [4.78, 5) is 75.8. The van der Waals surface area contributed by atoms with Gasteiger partial charge in [0.25, 0.3) is 0 Å². The molecule has 0 saturated heterocycles. The van der Waals surface area contributed by atoms with Crippen molar-refractivity contribution in [2.45, 2.75) is 94.4 Å². The van der Waals surface area contributed by atoms with Crippen LogP contribution < -0.4 is 31.5 Å². The van der Waals surface area contributed by atoms with Crippen molar-refractivity contribution in [1.29, 1.82) is 0 Å². The SMILES string of the molecule is COc1cc2c(cc1-c1c(C)noc1C)ncc1c2n(C(C)c2ccccn2)c(=O)n1CC(=O)NCC(C)(C)COCC(C)(C)CNC(=O)Cn1c(=O)n(C(C)c2ccccn2)c2c3cc(OC)c(-c4c(C)noc4C)cc3ncc21. The van der Waals surface area contributed by atoms with E-state index in [2.05, 4.69) is 30.9 Å². The van der Waals surface area contributed by atoms with E-state index in [1.54, 1.807) is 48.1 Å². The maximum absolute atomic E-state index is 14.6. The van der Waals surface area contributed by atoms with Gasteiger partial charge in [0.1, 0.15) is 36.1 Å². The Morgan fingerprint density at radius 3 is 1.36 bits per heavy atom. The molecule has 8 aromatic heterocycles. The van der Waals surface area contributed by atoms with Gasteiger partial charge in [-0.25, -0.2) is 9.59 Å². The second-order valence-corrected chi connectivity index (χ2v) is 22.2. The van der Waals surface area contributed by atoms with Gasteiger partial charge < -0.3 is 33.9 Å². The molecule has 0 aliphatic carbocycles. The fraction of sp³-hybridized carbons (Fsp3) is 0.367. The average molecular weight is 1100 g/mol. The van der Waals surface area contributed by atoms with Gasteiger partial charge in [-0.1, -0.05) is 50.1 Å². The Hall–Kier alpha value is -8.98. The van der Waals surface area contributed by atoms with Crippen LogP contribution in [0.4, 0.5) is 0 Å². The topological polar surface area (TPSA) is 243 Å². The van der Waals surface area contributed by atoms with Crippen LogP contribution in [0, 0.1) is 38.5 Å². The highest BCUT2D eigenvalue weighted by molar-refractivity contribution is 6.06. The summed E-state index contributed by atoms with van der Waals surface area (Å²) < 4.78 is 35.3. The van der Waals surface area contributed by atoms with E-state index in [0.29, 0.717) is 89.7 Å². The normalized spacial score (nSPS) is 12.9. The first-order valence-electron chi connectivity index (χ1n) is 26.7. The monoisotopic (exact) mass is 1100 g/mol. The van der Waals surface area contributed by atoms with E-state index in [4.69, 9.17) is 33.2 Å². The minimum absolute atomic E-state index is 0.240. The summed E-state index contributed by atoms with van der Waals surface area (Å²) in [6.45, 7) is 19.6. The zero-order valence-electron chi connectivity index (χ0n) is 47.6. The molecule has 8 heterocycles. The van der Waals surface area contributed by atoms with Crippen LogP contribution in [0.3, 0.4) is 0 Å². The van der Waals surface area contributed by atoms with E-state index in [9.17, 15) is 19.2 Å². The highest BCUT2D eigenvalue weighted by Crippen LogP contribution is 2.41. The lowest BCUT2D eigenvalue weighted by Gasteiger charge is -2.29. The Balaban J connectivity index is 0.818. The number of hydrogen-bond donors (Lipinski definition) is 2. The van der Waals surface area contributed by atoms with Crippen LogP contribution in [0.25, 0.3) is 66.1 Å². The minimum Gasteiger partial charge on any atom is -0.496 e. The van der Waals surface area contributed by atoms with Crippen LogP contribution in [0.1, 0.15) is 87.9 Å². The fourth-order valence-corrected chi connectivity index (χ4v) is 10.7. The molecule has 21 nitrogen and oxygen atoms in total. The number of carbonyl (C=O) groups excluding carboxylic acids is 2. The summed E-state index contributed by atoms with van der Waals surface area (Å²) in [5.41, 5.74) is 7.29. The number of aromatic nitrogens is 10. The predicted octanol–water partition coefficient (Wildman–Crippen LogP) is 8.59. The van der Waals surface area contributed by atoms with Gasteiger partial charge in [-0.3, -0.25) is 47.8 Å². The number of imidazole rings is 2. The van der Waals surface area contributed by atoms with Crippen LogP contribution in [0.5, 0.6) is 11.5 Å². The van der Waals surface area contributed by atoms with Crippen molar-refractivity contribution >= 4 is 55.7 Å². The zero-order chi connectivity index (χ0) is 57.7. The van der Waals surface area contributed by atoms with Gasteiger partial charge >= 0.3 is 11.4 Å². The standard InChI is InChI=1S/C60H66N12O9/c1-33-53(37(5)80-67-33)41-21-45-39(23-49(41)77-11)55-47(25-63-45)69(57(75)71(55)35(3)43-17-13-15-19-61-43)27-51(73)65-29-59(7,8)31-79-32-60(9,10)30-66-52(74)28-70-48-26-64-46-22-42(54-34(2)68-81-38(54)6)50(78-12)24-40(46)56(48)72(58(70)76)36(4)44-18-14-16-20-62-44/h13-26,35-36H,27-32H2,1-12H3,(H,65,73)(H,66,74). The Morgan fingerprint density at radius 2 is 1.01 bits per heavy atom. The van der Waals surface area contributed by atoms with E-state index < -0.39 is 34.3 Å². The molecule has 0 fully saturated rings. The number of nitrogens with one attached hydrogen (secondary N) is 2. The predicted molar refractivity (Wildman–Crippen MR) is 307 cm³/mol. The van der Waals surface area contributed by atoms with Crippen LogP contribution >= 0.6 is 0 Å². The van der Waals surface area contributed by atoms with Crippen molar-refractivity contribution in [3.63, 3.8) is 0 Å². The Bertz CT molecular complexity index is 3850. The van der Waals surface area contributed by atoms with E-state index >= 15 is 0 Å². The molecule has 2 atom stereocenters. The molecule has 0 bridgehead atoms. The molecule has 0 aliphatic rings. The molecular weight excluding hydrogens is 1030 g/mol. The first-order valence-corrected chi connectivity index (χ1v) is 26.7. The summed E-state index contributed by atoms with van der Waals surface area (Å²) in [7, 11) is 3.17. The lowest BCUT2D eigenvalue weighted by molar-refractivity contribution is -0.122. The lowest BCUT2D eigenvalue weighted by Crippen LogP contribution is -2.42. The second kappa shape index (κ2) is 21.9. The van der Waals surface area contributed by atoms with Gasteiger partial charge in [0.2, 0.25) is 11.8 Å². The third kappa shape index (κ3) is 10.6. The molecular formula is C60H66N12O9. The second-order valence-electron chi connectivity index (χ2n) is 22.2. The summed E-state index contributed by atoms with van der Waals surface area (Å²) in [6, 6.07) is 17.6. The largest absolute Gasteiger partial charge is 0.496 e. The molecule has 0 radical (unpaired) electrons. The lowest BCUT2D eigenvalue weighted by atomic mass is 9.93. The quantitative estimate of drug-likeness (QED) is 0.0726. The van der Waals surface area contributed by atoms with E-state index in [0.717, 1.165) is 22.3 Å². The van der Waals surface area contributed by atoms with Gasteiger partial charge in [-0.05, 0) is 90.1 Å². The zero-order valence-corrected chi connectivity index (χ0v) is 47.6. The third-order valence-corrected chi connectivity index (χ3v) is 14.9. The van der Waals surface area contributed by atoms with Gasteiger partial charge in [0.05, 0.1) is 119 Å². The fourth-order valence-electron chi connectivity index (χ4n) is 10.7. The number of aryl methyl sites for hydroxylation is 4. The average Bonchev–Trinajstić information content (AvgIpc) is 3.02. The molecule has 0 spiro atoms. The summed E-state index contributed by atoms with van der Waals surface area (Å²) >= 11 is 0. The van der Waals surface area contributed by atoms with Gasteiger partial charge in [-0.2, -0.15) is 0 Å². The third-order valence-electron chi connectivity index (χ3n) is 14.9. The van der Waals surface area contributed by atoms with Crippen LogP contribution in [-0.2, 0) is 27.4 Å². The number of amides is 2. The molecule has 2 unspecified atom stereocenters. The number of pyridine rings is 4. The number of hydrogen-bond acceptors (Lipinski definition) is 15. The molecule has 2 aromatic carbocycles. The van der Waals surface area contributed by atoms with Crippen molar-refractivity contribution in [1.82, 2.24) is 59.2 Å². The van der Waals surface area contributed by atoms with E-state index in [-0.39, 0.29) is 51.2 Å². The molecule has 2 N–H and O–H groups in total. The molecule has 2 amide bonds. The van der Waals surface area contributed by atoms with E-state index in [1.165, 1.54) is 9.13 Å². The Kier molecular flexibility index (Phi) is 15.0. The molecule has 10 aromatic rings. The van der Waals surface area contributed by atoms with Gasteiger partial charge in [0, 0.05) is 58.2 Å². The minimum atomic E-state index is -0.533. The number of fused-ring (bicyclic) bond motifs is 6. The first kappa shape index (κ1) is 55.3. The van der Waals surface area contributed by atoms with Crippen LogP contribution in [0.15, 0.2) is 104 Å². The van der Waals surface area contributed by atoms with Gasteiger partial charge in [-0.15, -0.1) is 0 Å². The molecule has 21 heteroatoms. The van der Waals surface area contributed by atoms with Crippen molar-refractivity contribution in [3.05, 3.63) is 141 Å².